The van der Waals surface area contributed by atoms with Crippen molar-refractivity contribution in [3.05, 3.63) is 62.0 Å². The van der Waals surface area contributed by atoms with Crippen molar-refractivity contribution in [1.29, 1.82) is 0 Å². The fraction of sp³-hybridized carbons (Fsp3) is 0.417. The van der Waals surface area contributed by atoms with Gasteiger partial charge >= 0.3 is 5.97 Å². The van der Waals surface area contributed by atoms with Gasteiger partial charge in [0.05, 0.1) is 16.3 Å². The molecule has 0 aromatic carbocycles. The molecular weight excluding hydrogens is 438 g/mol. The number of carboxylic acids is 1. The molecule has 0 spiro atoms. The third kappa shape index (κ3) is 5.31. The van der Waals surface area contributed by atoms with Crippen molar-refractivity contribution in [2.45, 2.75) is 51.5 Å². The van der Waals surface area contributed by atoms with Gasteiger partial charge in [0.15, 0.2) is 0 Å². The van der Waals surface area contributed by atoms with E-state index >= 15 is 0 Å². The molecule has 3 aromatic heterocycles. The monoisotopic (exact) mass is 467 g/mol. The summed E-state index contributed by atoms with van der Waals surface area (Å²) in [5, 5.41) is 12.3. The number of piperidine rings is 1. The maximum atomic E-state index is 13.2. The highest BCUT2D eigenvalue weighted by Gasteiger charge is 2.22. The lowest BCUT2D eigenvalue weighted by Crippen LogP contribution is -2.41. The molecule has 0 saturated carbocycles. The Morgan fingerprint density at radius 2 is 2.06 bits per heavy atom. The molecule has 0 bridgehead atoms. The molecule has 1 saturated heterocycles. The van der Waals surface area contributed by atoms with E-state index in [0.29, 0.717) is 30.5 Å². The maximum Gasteiger partial charge on any atom is 0.328 e. The van der Waals surface area contributed by atoms with Crippen LogP contribution in [-0.2, 0) is 17.6 Å². The van der Waals surface area contributed by atoms with E-state index in [1.54, 1.807) is 17.5 Å². The first-order valence-corrected chi connectivity index (χ1v) is 12.1. The number of hydrogen-bond acceptors (Lipinski definition) is 7. The van der Waals surface area contributed by atoms with Crippen LogP contribution in [-0.4, -0.2) is 44.6 Å². The number of anilines is 1. The van der Waals surface area contributed by atoms with Crippen molar-refractivity contribution >= 4 is 34.8 Å². The van der Waals surface area contributed by atoms with Crippen LogP contribution in [0.4, 0.5) is 5.82 Å². The maximum absolute atomic E-state index is 13.2. The van der Waals surface area contributed by atoms with Gasteiger partial charge < -0.3 is 15.7 Å². The zero-order valence-electron chi connectivity index (χ0n) is 18.9. The summed E-state index contributed by atoms with van der Waals surface area (Å²) in [4.78, 5) is 35.9. The van der Waals surface area contributed by atoms with Gasteiger partial charge in [-0.3, -0.25) is 9.20 Å². The first-order chi connectivity index (χ1) is 15.8. The van der Waals surface area contributed by atoms with Crippen LogP contribution in [0.25, 0.3) is 11.7 Å². The molecule has 0 atom stereocenters. The van der Waals surface area contributed by atoms with Crippen molar-refractivity contribution in [3.63, 3.8) is 0 Å². The summed E-state index contributed by atoms with van der Waals surface area (Å²) >= 11 is 1.68. The molecule has 9 heteroatoms. The number of aliphatic carboxylic acids is 1. The van der Waals surface area contributed by atoms with Crippen LogP contribution in [0.15, 0.2) is 34.6 Å². The molecule has 3 aromatic rings. The van der Waals surface area contributed by atoms with E-state index in [0.717, 1.165) is 48.0 Å². The zero-order chi connectivity index (χ0) is 23.5. The number of fused-ring (bicyclic) bond motifs is 1. The van der Waals surface area contributed by atoms with Gasteiger partial charge in [-0.25, -0.2) is 14.8 Å². The third-order valence-corrected chi connectivity index (χ3v) is 6.86. The summed E-state index contributed by atoms with van der Waals surface area (Å²) < 4.78 is 1.48. The molecule has 4 heterocycles. The lowest BCUT2D eigenvalue weighted by atomic mass is 10.1. The van der Waals surface area contributed by atoms with Gasteiger partial charge in [0.2, 0.25) is 0 Å². The summed E-state index contributed by atoms with van der Waals surface area (Å²) in [5.41, 5.74) is 8.79. The Hall–Kier alpha value is -3.04. The Bertz CT molecular complexity index is 1240. The van der Waals surface area contributed by atoms with E-state index in [-0.39, 0.29) is 17.2 Å². The number of aromatic nitrogens is 3. The van der Waals surface area contributed by atoms with E-state index < -0.39 is 5.97 Å². The minimum Gasteiger partial charge on any atom is -0.478 e. The fourth-order valence-corrected chi connectivity index (χ4v) is 4.91. The number of nitrogens with zero attached hydrogens (tertiary/aromatic N) is 4. The Balaban J connectivity index is 1.67. The standard InChI is InChI=1S/C24H29N5O3S/c1-15(2)19-14-33-21(26-19)5-3-16-7-12-29-20(13-16)27-23(28-10-8-17(25)9-11-28)18(24(29)32)4-6-22(30)31/h4,6-7,12-15,17H,3,5,8-11,25H2,1-2H3,(H,30,31). The lowest BCUT2D eigenvalue weighted by molar-refractivity contribution is -0.131. The fourth-order valence-electron chi connectivity index (χ4n) is 3.95. The minimum absolute atomic E-state index is 0.134. The van der Waals surface area contributed by atoms with Gasteiger partial charge in [-0.2, -0.15) is 0 Å². The molecule has 1 aliphatic rings. The lowest BCUT2D eigenvalue weighted by Gasteiger charge is -2.32. The number of carbonyl (C=O) groups is 1. The highest BCUT2D eigenvalue weighted by atomic mass is 32.1. The van der Waals surface area contributed by atoms with Crippen molar-refractivity contribution in [3.8, 4) is 0 Å². The number of rotatable bonds is 7. The van der Waals surface area contributed by atoms with E-state index in [9.17, 15) is 9.59 Å². The predicted molar refractivity (Wildman–Crippen MR) is 131 cm³/mol. The van der Waals surface area contributed by atoms with E-state index in [2.05, 4.69) is 19.2 Å². The summed E-state index contributed by atoms with van der Waals surface area (Å²) in [7, 11) is 0. The molecule has 0 radical (unpaired) electrons. The van der Waals surface area contributed by atoms with Gasteiger partial charge in [0.1, 0.15) is 11.5 Å². The number of pyridine rings is 1. The minimum atomic E-state index is -1.11. The molecule has 4 rings (SSSR count). The second kappa shape index (κ2) is 9.84. The SMILES string of the molecule is CC(C)c1csc(CCc2ccn3c(=O)c(C=CC(=O)O)c(N4CCC(N)CC4)nc3c2)n1. The highest BCUT2D eigenvalue weighted by Crippen LogP contribution is 2.23. The number of thiazole rings is 1. The van der Waals surface area contributed by atoms with Gasteiger partial charge in [-0.15, -0.1) is 11.3 Å². The van der Waals surface area contributed by atoms with Crippen molar-refractivity contribution in [2.75, 3.05) is 18.0 Å². The second-order valence-corrected chi connectivity index (χ2v) is 9.68. The van der Waals surface area contributed by atoms with Crippen LogP contribution in [0, 0.1) is 0 Å². The molecule has 33 heavy (non-hydrogen) atoms. The molecule has 3 N–H and O–H groups in total. The highest BCUT2D eigenvalue weighted by molar-refractivity contribution is 7.09. The zero-order valence-corrected chi connectivity index (χ0v) is 19.7. The Labute approximate surface area is 196 Å². The normalized spacial score (nSPS) is 15.2. The molecule has 1 aliphatic heterocycles. The van der Waals surface area contributed by atoms with E-state index in [1.165, 1.54) is 10.5 Å². The van der Waals surface area contributed by atoms with Crippen LogP contribution in [0.2, 0.25) is 0 Å². The van der Waals surface area contributed by atoms with Crippen LogP contribution >= 0.6 is 11.3 Å². The van der Waals surface area contributed by atoms with Gasteiger partial charge in [-0.05, 0) is 49.0 Å². The van der Waals surface area contributed by atoms with Gasteiger partial charge in [0, 0.05) is 43.2 Å². The summed E-state index contributed by atoms with van der Waals surface area (Å²) in [6.45, 7) is 5.64. The van der Waals surface area contributed by atoms with Crippen LogP contribution in [0.5, 0.6) is 0 Å². The van der Waals surface area contributed by atoms with Crippen molar-refractivity contribution < 1.29 is 9.90 Å². The topological polar surface area (TPSA) is 114 Å². The number of aryl methyl sites for hydroxylation is 2. The Kier molecular flexibility index (Phi) is 6.90. The van der Waals surface area contributed by atoms with Crippen molar-refractivity contribution in [1.82, 2.24) is 14.4 Å². The largest absolute Gasteiger partial charge is 0.478 e. The average Bonchev–Trinajstić information content (AvgIpc) is 3.27. The smallest absolute Gasteiger partial charge is 0.328 e. The number of nitrogens with two attached hydrogens (primary N) is 1. The van der Waals surface area contributed by atoms with Crippen molar-refractivity contribution in [2.24, 2.45) is 5.73 Å². The average molecular weight is 468 g/mol. The summed E-state index contributed by atoms with van der Waals surface area (Å²) in [6.07, 6.45) is 7.27. The van der Waals surface area contributed by atoms with Crippen LogP contribution in [0.3, 0.4) is 0 Å². The first kappa shape index (κ1) is 23.1. The first-order valence-electron chi connectivity index (χ1n) is 11.2. The molecule has 8 nitrogen and oxygen atoms in total. The molecular formula is C24H29N5O3S. The third-order valence-electron chi connectivity index (χ3n) is 5.93. The molecule has 0 aliphatic carbocycles. The quantitative estimate of drug-likeness (QED) is 0.513. The molecule has 174 valence electrons. The van der Waals surface area contributed by atoms with E-state index in [4.69, 9.17) is 20.8 Å². The summed E-state index contributed by atoms with van der Waals surface area (Å²) in [5.74, 6) is -0.175. The van der Waals surface area contributed by atoms with Crippen LogP contribution in [0.1, 0.15) is 54.4 Å². The van der Waals surface area contributed by atoms with Gasteiger partial charge in [0.25, 0.3) is 5.56 Å². The number of carboxylic acid groups (broad SMARTS) is 1. The Morgan fingerprint density at radius 3 is 2.73 bits per heavy atom. The summed E-state index contributed by atoms with van der Waals surface area (Å²) in [6, 6.07) is 3.98. The molecule has 0 amide bonds. The molecule has 0 unspecified atom stereocenters. The van der Waals surface area contributed by atoms with E-state index in [1.807, 2.05) is 17.0 Å². The second-order valence-electron chi connectivity index (χ2n) is 8.73. The Morgan fingerprint density at radius 1 is 1.30 bits per heavy atom. The van der Waals surface area contributed by atoms with Gasteiger partial charge in [-0.1, -0.05) is 13.8 Å². The molecule has 1 fully saturated rings. The predicted octanol–water partition coefficient (Wildman–Crippen LogP) is 3.08. The van der Waals surface area contributed by atoms with Crippen LogP contribution < -0.4 is 16.2 Å². The number of hydrogen-bond donors (Lipinski definition) is 2.